The van der Waals surface area contributed by atoms with E-state index in [-0.39, 0.29) is 17.9 Å². The summed E-state index contributed by atoms with van der Waals surface area (Å²) in [6, 6.07) is 27.6. The van der Waals surface area contributed by atoms with Crippen molar-refractivity contribution >= 4 is 5.91 Å². The van der Waals surface area contributed by atoms with Gasteiger partial charge in [-0.1, -0.05) is 65.8 Å². The second-order valence-electron chi connectivity index (χ2n) is 9.08. The number of carbonyl (C=O) groups is 1. The van der Waals surface area contributed by atoms with Gasteiger partial charge in [0.15, 0.2) is 0 Å². The average molecular weight is 483 g/mol. The predicted octanol–water partition coefficient (Wildman–Crippen LogP) is 4.86. The normalized spacial score (nSPS) is 16.1. The van der Waals surface area contributed by atoms with E-state index < -0.39 is 0 Å². The minimum absolute atomic E-state index is 0.0712. The van der Waals surface area contributed by atoms with Crippen LogP contribution in [0.4, 0.5) is 0 Å². The molecule has 7 nitrogen and oxygen atoms in total. The van der Waals surface area contributed by atoms with Gasteiger partial charge in [0, 0.05) is 12.1 Å². The van der Waals surface area contributed by atoms with E-state index in [0.29, 0.717) is 24.8 Å². The molecule has 1 aliphatic rings. The van der Waals surface area contributed by atoms with Gasteiger partial charge in [0.25, 0.3) is 0 Å². The lowest BCUT2D eigenvalue weighted by molar-refractivity contribution is -0.127. The van der Waals surface area contributed by atoms with Crippen molar-refractivity contribution in [3.05, 3.63) is 102 Å². The fourth-order valence-electron chi connectivity index (χ4n) is 4.69. The van der Waals surface area contributed by atoms with E-state index in [1.807, 2.05) is 60.7 Å². The topological polar surface area (TPSA) is 80.5 Å². The number of hydrogen-bond donors (Lipinski definition) is 1. The summed E-state index contributed by atoms with van der Waals surface area (Å²) in [5.74, 6) is 1.85. The SMILES string of the molecule is COc1ccc(-c2noc(CN3CCCC(C(=O)NC(c4ccccc4)c4ccccc4)C3)n2)cc1. The maximum atomic E-state index is 13.4. The molecular weight excluding hydrogens is 452 g/mol. The van der Waals surface area contributed by atoms with Crippen LogP contribution in [0.15, 0.2) is 89.5 Å². The first-order chi connectivity index (χ1) is 17.7. The van der Waals surface area contributed by atoms with Crippen LogP contribution in [0.3, 0.4) is 0 Å². The highest BCUT2D eigenvalue weighted by Crippen LogP contribution is 2.25. The molecule has 4 aromatic rings. The number of carbonyl (C=O) groups excluding carboxylic acids is 1. The summed E-state index contributed by atoms with van der Waals surface area (Å²) in [6.45, 7) is 2.07. The highest BCUT2D eigenvalue weighted by molar-refractivity contribution is 5.80. The number of nitrogens with one attached hydrogen (secondary N) is 1. The molecule has 1 N–H and O–H groups in total. The third-order valence-electron chi connectivity index (χ3n) is 6.60. The number of hydrogen-bond acceptors (Lipinski definition) is 6. The van der Waals surface area contributed by atoms with Crippen molar-refractivity contribution in [2.24, 2.45) is 5.92 Å². The van der Waals surface area contributed by atoms with Gasteiger partial charge in [0.1, 0.15) is 5.75 Å². The largest absolute Gasteiger partial charge is 0.497 e. The zero-order valence-corrected chi connectivity index (χ0v) is 20.3. The third-order valence-corrected chi connectivity index (χ3v) is 6.60. The van der Waals surface area contributed by atoms with Crippen LogP contribution in [0.1, 0.15) is 35.9 Å². The summed E-state index contributed by atoms with van der Waals surface area (Å²) in [6.07, 6.45) is 1.80. The zero-order valence-electron chi connectivity index (χ0n) is 20.3. The molecule has 1 unspecified atom stereocenters. The van der Waals surface area contributed by atoms with Gasteiger partial charge in [0.05, 0.1) is 25.6 Å². The molecule has 1 aromatic heterocycles. The molecule has 1 atom stereocenters. The number of aromatic nitrogens is 2. The van der Waals surface area contributed by atoms with Crippen LogP contribution in [0.5, 0.6) is 5.75 Å². The molecule has 5 rings (SSSR count). The molecule has 36 heavy (non-hydrogen) atoms. The second-order valence-corrected chi connectivity index (χ2v) is 9.08. The van der Waals surface area contributed by atoms with E-state index in [2.05, 4.69) is 44.6 Å². The Kier molecular flexibility index (Phi) is 7.38. The Bertz CT molecular complexity index is 1220. The first-order valence-electron chi connectivity index (χ1n) is 12.3. The van der Waals surface area contributed by atoms with Crippen molar-refractivity contribution in [1.82, 2.24) is 20.4 Å². The van der Waals surface area contributed by atoms with Crippen LogP contribution in [-0.4, -0.2) is 41.1 Å². The molecule has 2 heterocycles. The van der Waals surface area contributed by atoms with Crippen LogP contribution in [0, 0.1) is 5.92 Å². The fraction of sp³-hybridized carbons (Fsp3) is 0.276. The highest BCUT2D eigenvalue weighted by Gasteiger charge is 2.29. The number of rotatable bonds is 8. The van der Waals surface area contributed by atoms with Crippen molar-refractivity contribution in [3.8, 4) is 17.1 Å². The van der Waals surface area contributed by atoms with Crippen molar-refractivity contribution in [2.45, 2.75) is 25.4 Å². The summed E-state index contributed by atoms with van der Waals surface area (Å²) < 4.78 is 10.7. The van der Waals surface area contributed by atoms with E-state index >= 15 is 0 Å². The molecule has 0 aliphatic carbocycles. The first kappa shape index (κ1) is 23.8. The van der Waals surface area contributed by atoms with Gasteiger partial charge in [-0.15, -0.1) is 0 Å². The van der Waals surface area contributed by atoms with Gasteiger partial charge in [-0.2, -0.15) is 4.98 Å². The lowest BCUT2D eigenvalue weighted by Crippen LogP contribution is -2.43. The third kappa shape index (κ3) is 5.63. The second kappa shape index (κ2) is 11.2. The van der Waals surface area contributed by atoms with E-state index in [0.717, 1.165) is 41.8 Å². The van der Waals surface area contributed by atoms with E-state index in [4.69, 9.17) is 9.26 Å². The molecule has 184 valence electrons. The molecule has 0 saturated carbocycles. The molecule has 3 aromatic carbocycles. The number of piperidine rings is 1. The Morgan fingerprint density at radius 3 is 2.33 bits per heavy atom. The molecule has 7 heteroatoms. The number of methoxy groups -OCH3 is 1. The molecule has 1 fully saturated rings. The van der Waals surface area contributed by atoms with Gasteiger partial charge in [0.2, 0.25) is 17.6 Å². The van der Waals surface area contributed by atoms with Crippen molar-refractivity contribution < 1.29 is 14.1 Å². The molecule has 0 bridgehead atoms. The predicted molar refractivity (Wildman–Crippen MR) is 137 cm³/mol. The molecule has 1 amide bonds. The lowest BCUT2D eigenvalue weighted by atomic mass is 9.94. The van der Waals surface area contributed by atoms with Gasteiger partial charge in [-0.3, -0.25) is 9.69 Å². The van der Waals surface area contributed by atoms with Crippen LogP contribution >= 0.6 is 0 Å². The highest BCUT2D eigenvalue weighted by atomic mass is 16.5. The molecule has 0 spiro atoms. The van der Waals surface area contributed by atoms with Crippen molar-refractivity contribution in [2.75, 3.05) is 20.2 Å². The van der Waals surface area contributed by atoms with E-state index in [1.165, 1.54) is 0 Å². The Morgan fingerprint density at radius 2 is 1.69 bits per heavy atom. The minimum atomic E-state index is -0.182. The number of likely N-dealkylation sites (tertiary alicyclic amines) is 1. The van der Waals surface area contributed by atoms with Crippen molar-refractivity contribution in [1.29, 1.82) is 0 Å². The molecule has 1 aliphatic heterocycles. The standard InChI is InChI=1S/C29H30N4O3/c1-35-25-16-14-23(15-17-25)28-30-26(36-32-28)20-33-18-8-13-24(19-33)29(34)31-27(21-9-4-2-5-10-21)22-11-6-3-7-12-22/h2-7,9-12,14-17,24,27H,8,13,18-20H2,1H3,(H,31,34). The molecule has 0 radical (unpaired) electrons. The monoisotopic (exact) mass is 482 g/mol. The number of ether oxygens (including phenoxy) is 1. The van der Waals surface area contributed by atoms with Crippen LogP contribution in [0.25, 0.3) is 11.4 Å². The fourth-order valence-corrected chi connectivity index (χ4v) is 4.69. The van der Waals surface area contributed by atoms with Crippen molar-refractivity contribution in [3.63, 3.8) is 0 Å². The number of benzene rings is 3. The average Bonchev–Trinajstić information content (AvgIpc) is 3.41. The zero-order chi connectivity index (χ0) is 24.7. The molecular formula is C29H30N4O3. The van der Waals surface area contributed by atoms with Crippen LogP contribution < -0.4 is 10.1 Å². The van der Waals surface area contributed by atoms with E-state index in [9.17, 15) is 4.79 Å². The Labute approximate surface area is 211 Å². The van der Waals surface area contributed by atoms with Gasteiger partial charge in [-0.25, -0.2) is 0 Å². The summed E-state index contributed by atoms with van der Waals surface area (Å²) in [5, 5.41) is 7.45. The smallest absolute Gasteiger partial charge is 0.241 e. The first-order valence-corrected chi connectivity index (χ1v) is 12.3. The number of amides is 1. The Morgan fingerprint density at radius 1 is 1.03 bits per heavy atom. The molecule has 1 saturated heterocycles. The summed E-state index contributed by atoms with van der Waals surface area (Å²) in [7, 11) is 1.64. The summed E-state index contributed by atoms with van der Waals surface area (Å²) >= 11 is 0. The maximum absolute atomic E-state index is 13.4. The Hall–Kier alpha value is -3.97. The Balaban J connectivity index is 1.24. The lowest BCUT2D eigenvalue weighted by Gasteiger charge is -2.32. The quantitative estimate of drug-likeness (QED) is 0.386. The van der Waals surface area contributed by atoms with Gasteiger partial charge < -0.3 is 14.6 Å². The minimum Gasteiger partial charge on any atom is -0.497 e. The summed E-state index contributed by atoms with van der Waals surface area (Å²) in [5.41, 5.74) is 3.01. The maximum Gasteiger partial charge on any atom is 0.241 e. The van der Waals surface area contributed by atoms with Gasteiger partial charge in [-0.05, 0) is 54.8 Å². The van der Waals surface area contributed by atoms with E-state index in [1.54, 1.807) is 7.11 Å². The van der Waals surface area contributed by atoms with Crippen LogP contribution in [0.2, 0.25) is 0 Å². The van der Waals surface area contributed by atoms with Crippen LogP contribution in [-0.2, 0) is 11.3 Å². The van der Waals surface area contributed by atoms with Gasteiger partial charge >= 0.3 is 0 Å². The summed E-state index contributed by atoms with van der Waals surface area (Å²) in [4.78, 5) is 20.2. The number of nitrogens with zero attached hydrogens (tertiary/aromatic N) is 3.